The number of fused-ring (bicyclic) bond motifs is 5. The molecular weight excluding hydrogens is 462 g/mol. The second-order valence-corrected chi connectivity index (χ2v) is 10.9. The molecule has 1 saturated heterocycles. The van der Waals surface area contributed by atoms with Crippen LogP contribution in [0.2, 0.25) is 0 Å². The van der Waals surface area contributed by atoms with Gasteiger partial charge in [0.2, 0.25) is 5.43 Å². The highest BCUT2D eigenvalue weighted by molar-refractivity contribution is 7.98. The van der Waals surface area contributed by atoms with E-state index in [9.17, 15) is 14.7 Å². The van der Waals surface area contributed by atoms with Crippen LogP contribution in [0.1, 0.15) is 51.3 Å². The molecule has 1 amide bonds. The minimum Gasteiger partial charge on any atom is -0.502 e. The number of hydrogen-bond donors (Lipinski definition) is 2. The fourth-order valence-electron chi connectivity index (χ4n) is 5.75. The fourth-order valence-corrected chi connectivity index (χ4v) is 6.83. The van der Waals surface area contributed by atoms with Gasteiger partial charge in [0.15, 0.2) is 11.4 Å². The van der Waals surface area contributed by atoms with Gasteiger partial charge < -0.3 is 20.2 Å². The molecule has 1 spiro atoms. The zero-order chi connectivity index (χ0) is 23.7. The van der Waals surface area contributed by atoms with Gasteiger partial charge >= 0.3 is 0 Å². The lowest BCUT2D eigenvalue weighted by atomic mass is 9.93. The number of aromatic hydroxyl groups is 1. The van der Waals surface area contributed by atoms with Gasteiger partial charge in [-0.15, -0.1) is 11.8 Å². The van der Waals surface area contributed by atoms with Gasteiger partial charge in [-0.2, -0.15) is 0 Å². The van der Waals surface area contributed by atoms with Crippen LogP contribution in [0, 0.1) is 0 Å². The van der Waals surface area contributed by atoms with Gasteiger partial charge in [-0.1, -0.05) is 36.4 Å². The minimum atomic E-state index is -0.527. The lowest BCUT2D eigenvalue weighted by Crippen LogP contribution is -2.64. The second-order valence-electron chi connectivity index (χ2n) is 9.90. The molecule has 7 rings (SSSR count). The van der Waals surface area contributed by atoms with E-state index in [-0.39, 0.29) is 23.3 Å². The topological polar surface area (TPSA) is 83.8 Å². The van der Waals surface area contributed by atoms with Gasteiger partial charge in [-0.25, -0.2) is 0 Å². The molecule has 1 atom stereocenters. The lowest BCUT2D eigenvalue weighted by Gasteiger charge is -2.47. The molecule has 3 aliphatic heterocycles. The lowest BCUT2D eigenvalue weighted by molar-refractivity contribution is -0.0466. The Morgan fingerprint density at radius 2 is 1.94 bits per heavy atom. The maximum absolute atomic E-state index is 13.6. The van der Waals surface area contributed by atoms with Crippen molar-refractivity contribution in [2.24, 2.45) is 0 Å². The van der Waals surface area contributed by atoms with Crippen LogP contribution in [0.25, 0.3) is 0 Å². The molecule has 1 aliphatic carbocycles. The van der Waals surface area contributed by atoms with E-state index in [0.29, 0.717) is 25.3 Å². The summed E-state index contributed by atoms with van der Waals surface area (Å²) in [6, 6.07) is 16.3. The summed E-state index contributed by atoms with van der Waals surface area (Å²) in [4.78, 5) is 29.5. The molecule has 4 heterocycles. The molecule has 3 aromatic rings. The van der Waals surface area contributed by atoms with Crippen molar-refractivity contribution in [3.63, 3.8) is 0 Å². The molecule has 8 heteroatoms. The molecule has 4 aliphatic rings. The third-order valence-corrected chi connectivity index (χ3v) is 8.89. The summed E-state index contributed by atoms with van der Waals surface area (Å²) in [6.45, 7) is 0.866. The van der Waals surface area contributed by atoms with E-state index in [1.54, 1.807) is 9.58 Å². The van der Waals surface area contributed by atoms with Crippen molar-refractivity contribution in [1.82, 2.24) is 9.58 Å². The summed E-state index contributed by atoms with van der Waals surface area (Å²) in [5, 5.41) is 10.7. The monoisotopic (exact) mass is 487 g/mol. The van der Waals surface area contributed by atoms with E-state index in [4.69, 9.17) is 4.74 Å². The first-order valence-electron chi connectivity index (χ1n) is 12.0. The Labute approximate surface area is 206 Å². The van der Waals surface area contributed by atoms with Gasteiger partial charge in [-0.05, 0) is 47.6 Å². The summed E-state index contributed by atoms with van der Waals surface area (Å²) in [5.41, 5.74) is 8.19. The van der Waals surface area contributed by atoms with E-state index in [1.807, 2.05) is 11.8 Å². The van der Waals surface area contributed by atoms with E-state index in [2.05, 4.69) is 47.9 Å². The molecule has 2 fully saturated rings. The molecule has 0 bridgehead atoms. The maximum Gasteiger partial charge on any atom is 0.278 e. The molecular formula is C27H25N3O4S. The zero-order valence-corrected chi connectivity index (χ0v) is 19.9. The van der Waals surface area contributed by atoms with Crippen LogP contribution in [0.4, 0.5) is 0 Å². The largest absolute Gasteiger partial charge is 0.502 e. The summed E-state index contributed by atoms with van der Waals surface area (Å²) in [5.74, 6) is 0.0912. The SMILES string of the molecule is O=C1c2c(O)c(=O)cc(Cc3cccc4c3Cc3ccccc3SC4)n2N[C@@H]2COCC3(CC3)N12. The summed E-state index contributed by atoms with van der Waals surface area (Å²) < 4.78 is 7.45. The van der Waals surface area contributed by atoms with Gasteiger partial charge in [0.05, 0.1) is 18.8 Å². The predicted molar refractivity (Wildman–Crippen MR) is 133 cm³/mol. The van der Waals surface area contributed by atoms with Crippen molar-refractivity contribution in [3.8, 4) is 5.75 Å². The predicted octanol–water partition coefficient (Wildman–Crippen LogP) is 3.23. The number of amides is 1. The highest BCUT2D eigenvalue weighted by atomic mass is 32.2. The van der Waals surface area contributed by atoms with Crippen molar-refractivity contribution < 1.29 is 14.6 Å². The average Bonchev–Trinajstić information content (AvgIpc) is 3.65. The van der Waals surface area contributed by atoms with E-state index in [0.717, 1.165) is 30.6 Å². The van der Waals surface area contributed by atoms with Crippen LogP contribution in [-0.4, -0.2) is 45.5 Å². The smallest absolute Gasteiger partial charge is 0.278 e. The van der Waals surface area contributed by atoms with E-state index >= 15 is 0 Å². The molecule has 1 aromatic heterocycles. The van der Waals surface area contributed by atoms with Crippen molar-refractivity contribution in [2.45, 2.75) is 48.0 Å². The first-order valence-corrected chi connectivity index (χ1v) is 13.0. The van der Waals surface area contributed by atoms with Crippen molar-refractivity contribution in [2.75, 3.05) is 18.6 Å². The number of morpholine rings is 1. The summed E-state index contributed by atoms with van der Waals surface area (Å²) in [6.07, 6.45) is 2.71. The quantitative estimate of drug-likeness (QED) is 0.578. The molecule has 35 heavy (non-hydrogen) atoms. The molecule has 2 aromatic carbocycles. The maximum atomic E-state index is 13.6. The van der Waals surface area contributed by atoms with Crippen molar-refractivity contribution in [1.29, 1.82) is 0 Å². The van der Waals surface area contributed by atoms with Crippen LogP contribution in [0.15, 0.2) is 58.2 Å². The Hall–Kier alpha value is -3.23. The third-order valence-electron chi connectivity index (χ3n) is 7.73. The number of aromatic nitrogens is 1. The Bertz CT molecular complexity index is 1440. The van der Waals surface area contributed by atoms with E-state index < -0.39 is 11.2 Å². The van der Waals surface area contributed by atoms with Crippen LogP contribution in [0.3, 0.4) is 0 Å². The Kier molecular flexibility index (Phi) is 4.60. The number of benzene rings is 2. The Morgan fingerprint density at radius 3 is 2.80 bits per heavy atom. The number of nitrogens with one attached hydrogen (secondary N) is 1. The van der Waals surface area contributed by atoms with Crippen molar-refractivity contribution in [3.05, 3.63) is 92.4 Å². The van der Waals surface area contributed by atoms with Crippen LogP contribution in [-0.2, 0) is 23.3 Å². The normalized spacial score (nSPS) is 21.3. The average molecular weight is 488 g/mol. The molecule has 2 N–H and O–H groups in total. The van der Waals surface area contributed by atoms with Gasteiger partial charge in [0, 0.05) is 28.8 Å². The number of carbonyl (C=O) groups excluding carboxylic acids is 1. The number of pyridine rings is 1. The number of carbonyl (C=O) groups is 1. The minimum absolute atomic E-state index is 0.0276. The highest BCUT2D eigenvalue weighted by Gasteiger charge is 2.57. The first kappa shape index (κ1) is 21.1. The Morgan fingerprint density at radius 1 is 1.11 bits per heavy atom. The number of rotatable bonds is 2. The molecule has 1 saturated carbocycles. The summed E-state index contributed by atoms with van der Waals surface area (Å²) in [7, 11) is 0. The summed E-state index contributed by atoms with van der Waals surface area (Å²) >= 11 is 1.85. The molecule has 0 radical (unpaired) electrons. The number of thioether (sulfide) groups is 1. The molecule has 0 unspecified atom stereocenters. The van der Waals surface area contributed by atoms with Crippen molar-refractivity contribution >= 4 is 17.7 Å². The molecule has 178 valence electrons. The second kappa shape index (κ2) is 7.63. The first-order chi connectivity index (χ1) is 17.0. The molecule has 7 nitrogen and oxygen atoms in total. The van der Waals surface area contributed by atoms with Crippen LogP contribution < -0.4 is 10.9 Å². The number of nitrogens with zero attached hydrogens (tertiary/aromatic N) is 2. The standard InChI is InChI=1S/C27H25N3O4S/c31-21-12-19(10-16-5-3-6-18-14-35-22-7-2-1-4-17(22)11-20(16)18)30-24(25(21)32)26(33)29-23(28-30)13-34-15-27(29)8-9-27/h1-7,12,23,28,32H,8-11,13-15H2/t23-/m0/s1. The third kappa shape index (κ3) is 3.23. The van der Waals surface area contributed by atoms with Gasteiger partial charge in [-0.3, -0.25) is 14.3 Å². The Balaban J connectivity index is 1.32. The van der Waals surface area contributed by atoms with Crippen LogP contribution >= 0.6 is 11.8 Å². The van der Waals surface area contributed by atoms with Gasteiger partial charge in [0.25, 0.3) is 5.91 Å². The zero-order valence-electron chi connectivity index (χ0n) is 19.1. The van der Waals surface area contributed by atoms with E-state index in [1.165, 1.54) is 27.7 Å². The highest BCUT2D eigenvalue weighted by Crippen LogP contribution is 2.47. The number of hydrogen-bond acceptors (Lipinski definition) is 6. The van der Waals surface area contributed by atoms with Crippen LogP contribution in [0.5, 0.6) is 5.75 Å². The fraction of sp³-hybridized carbons (Fsp3) is 0.333. The van der Waals surface area contributed by atoms with Gasteiger partial charge in [0.1, 0.15) is 6.17 Å². The number of ether oxygens (including phenoxy) is 1.